The minimum atomic E-state index is -0.440. The van der Waals surface area contributed by atoms with Crippen molar-refractivity contribution in [2.75, 3.05) is 13.6 Å². The number of carbonyl (C=O) groups is 2. The van der Waals surface area contributed by atoms with Crippen LogP contribution in [0.5, 0.6) is 5.75 Å². The molecule has 3 rings (SSSR count). The van der Waals surface area contributed by atoms with Crippen LogP contribution >= 0.6 is 12.2 Å². The molecule has 0 atom stereocenters. The average Bonchev–Trinajstić information content (AvgIpc) is 2.53. The predicted octanol–water partition coefficient (Wildman–Crippen LogP) is 2.65. The molecule has 6 heteroatoms. The van der Waals surface area contributed by atoms with Crippen molar-refractivity contribution in [2.45, 2.75) is 20.8 Å². The van der Waals surface area contributed by atoms with Gasteiger partial charge in [0, 0.05) is 19.2 Å². The van der Waals surface area contributed by atoms with Gasteiger partial charge in [-0.1, -0.05) is 12.1 Å². The molecule has 1 aromatic rings. The molecule has 2 heterocycles. The van der Waals surface area contributed by atoms with E-state index in [1.54, 1.807) is 13.1 Å². The SMILES string of the molecule is CCN1C(=O)C(=C2C=C(C)c3ccc(C)cc3O2)C(=O)N(C)C1=S. The topological polar surface area (TPSA) is 49.9 Å². The first-order chi connectivity index (χ1) is 11.3. The number of thiocarbonyl (C=S) groups is 1. The minimum absolute atomic E-state index is 0.0134. The van der Waals surface area contributed by atoms with Gasteiger partial charge in [0.2, 0.25) is 0 Å². The van der Waals surface area contributed by atoms with E-state index in [4.69, 9.17) is 17.0 Å². The maximum Gasteiger partial charge on any atom is 0.269 e. The Balaban J connectivity index is 2.15. The first kappa shape index (κ1) is 16.4. The lowest BCUT2D eigenvalue weighted by atomic mass is 9.99. The number of benzene rings is 1. The van der Waals surface area contributed by atoms with E-state index in [0.717, 1.165) is 16.7 Å². The molecule has 5 nitrogen and oxygen atoms in total. The number of carbonyl (C=O) groups excluding carboxylic acids is 2. The van der Waals surface area contributed by atoms with Gasteiger partial charge in [-0.05, 0) is 56.3 Å². The highest BCUT2D eigenvalue weighted by Crippen LogP contribution is 2.35. The molecule has 1 fully saturated rings. The Bertz CT molecular complexity index is 839. The zero-order valence-corrected chi connectivity index (χ0v) is 14.9. The van der Waals surface area contributed by atoms with Crippen molar-refractivity contribution in [3.63, 3.8) is 0 Å². The van der Waals surface area contributed by atoms with Crippen LogP contribution < -0.4 is 4.74 Å². The standard InChI is InChI=1S/C18H18N2O3S/c1-5-20-17(22)15(16(21)19(4)18(20)24)14-9-11(3)12-7-6-10(2)8-13(12)23-14/h6-9H,5H2,1-4H3. The van der Waals surface area contributed by atoms with Crippen LogP contribution in [-0.2, 0) is 9.59 Å². The Hall–Kier alpha value is -2.47. The summed E-state index contributed by atoms with van der Waals surface area (Å²) in [6, 6.07) is 5.87. The maximum absolute atomic E-state index is 12.7. The first-order valence-corrected chi connectivity index (χ1v) is 8.11. The second kappa shape index (κ2) is 5.87. The molecule has 2 amide bonds. The molecule has 0 aromatic heterocycles. The van der Waals surface area contributed by atoms with E-state index in [-0.39, 0.29) is 16.4 Å². The van der Waals surface area contributed by atoms with Crippen molar-refractivity contribution in [3.8, 4) is 5.75 Å². The van der Waals surface area contributed by atoms with Crippen LogP contribution in [0, 0.1) is 6.92 Å². The summed E-state index contributed by atoms with van der Waals surface area (Å²) in [5.74, 6) is 0.0657. The zero-order chi connectivity index (χ0) is 17.6. The van der Waals surface area contributed by atoms with Crippen molar-refractivity contribution in [3.05, 3.63) is 46.7 Å². The number of hydrogen-bond acceptors (Lipinski definition) is 4. The Morgan fingerprint density at radius 1 is 1.17 bits per heavy atom. The van der Waals surface area contributed by atoms with Crippen LogP contribution in [0.1, 0.15) is 25.0 Å². The van der Waals surface area contributed by atoms with Crippen molar-refractivity contribution >= 4 is 34.7 Å². The highest BCUT2D eigenvalue weighted by atomic mass is 32.1. The number of aryl methyl sites for hydroxylation is 1. The van der Waals surface area contributed by atoms with Gasteiger partial charge in [0.25, 0.3) is 11.8 Å². The van der Waals surface area contributed by atoms with Crippen LogP contribution in [0.2, 0.25) is 0 Å². The van der Waals surface area contributed by atoms with Crippen LogP contribution in [0.3, 0.4) is 0 Å². The van der Waals surface area contributed by atoms with E-state index in [2.05, 4.69) is 0 Å². The van der Waals surface area contributed by atoms with Gasteiger partial charge in [-0.25, -0.2) is 0 Å². The molecule has 124 valence electrons. The number of fused-ring (bicyclic) bond motifs is 1. The molecule has 0 saturated carbocycles. The van der Waals surface area contributed by atoms with Crippen LogP contribution in [0.4, 0.5) is 0 Å². The van der Waals surface area contributed by atoms with Crippen LogP contribution in [-0.4, -0.2) is 40.3 Å². The minimum Gasteiger partial charge on any atom is -0.456 e. The zero-order valence-electron chi connectivity index (χ0n) is 14.0. The molecule has 0 spiro atoms. The van der Waals surface area contributed by atoms with Gasteiger partial charge in [0.15, 0.2) is 5.11 Å². The molecule has 0 bridgehead atoms. The normalized spacial score (nSPS) is 20.8. The monoisotopic (exact) mass is 342 g/mol. The fraction of sp³-hybridized carbons (Fsp3) is 0.278. The molecule has 0 unspecified atom stereocenters. The molecule has 0 N–H and O–H groups in total. The number of amides is 2. The molecular weight excluding hydrogens is 324 g/mol. The van der Waals surface area contributed by atoms with E-state index in [9.17, 15) is 9.59 Å². The summed E-state index contributed by atoms with van der Waals surface area (Å²) >= 11 is 5.19. The van der Waals surface area contributed by atoms with E-state index < -0.39 is 11.8 Å². The number of allylic oxidation sites excluding steroid dienone is 2. The summed E-state index contributed by atoms with van der Waals surface area (Å²) in [4.78, 5) is 28.1. The van der Waals surface area contributed by atoms with Gasteiger partial charge in [0.05, 0.1) is 0 Å². The third kappa shape index (κ3) is 2.43. The first-order valence-electron chi connectivity index (χ1n) is 7.70. The lowest BCUT2D eigenvalue weighted by Crippen LogP contribution is -2.55. The number of rotatable bonds is 1. The van der Waals surface area contributed by atoms with Gasteiger partial charge in [0.1, 0.15) is 17.1 Å². The number of likely N-dealkylation sites (N-methyl/N-ethyl adjacent to an activating group) is 2. The van der Waals surface area contributed by atoms with E-state index >= 15 is 0 Å². The molecule has 1 saturated heterocycles. The predicted molar refractivity (Wildman–Crippen MR) is 95.2 cm³/mol. The van der Waals surface area contributed by atoms with Gasteiger partial charge in [-0.3, -0.25) is 19.4 Å². The Morgan fingerprint density at radius 2 is 1.88 bits per heavy atom. The average molecular weight is 342 g/mol. The number of nitrogens with zero attached hydrogens (tertiary/aromatic N) is 2. The second-order valence-electron chi connectivity index (χ2n) is 5.86. The molecule has 1 aromatic carbocycles. The fourth-order valence-corrected chi connectivity index (χ4v) is 3.12. The quantitative estimate of drug-likeness (QED) is 0.447. The summed E-state index contributed by atoms with van der Waals surface area (Å²) in [7, 11) is 1.57. The number of hydrogen-bond donors (Lipinski definition) is 0. The Morgan fingerprint density at radius 3 is 2.54 bits per heavy atom. The van der Waals surface area contributed by atoms with Gasteiger partial charge >= 0.3 is 0 Å². The molecule has 2 aliphatic rings. The summed E-state index contributed by atoms with van der Waals surface area (Å²) in [6.45, 7) is 6.11. The number of ether oxygens (including phenoxy) is 1. The highest BCUT2D eigenvalue weighted by molar-refractivity contribution is 7.80. The van der Waals surface area contributed by atoms with Crippen molar-refractivity contribution in [1.29, 1.82) is 0 Å². The summed E-state index contributed by atoms with van der Waals surface area (Å²) in [5, 5.41) is 0.213. The van der Waals surface area contributed by atoms with Gasteiger partial charge < -0.3 is 4.74 Å². The summed E-state index contributed by atoms with van der Waals surface area (Å²) < 4.78 is 5.90. The third-order valence-electron chi connectivity index (χ3n) is 4.19. The van der Waals surface area contributed by atoms with E-state index in [1.165, 1.54) is 9.80 Å². The fourth-order valence-electron chi connectivity index (χ4n) is 2.82. The van der Waals surface area contributed by atoms with Crippen molar-refractivity contribution in [2.24, 2.45) is 0 Å². The molecular formula is C18H18N2O3S. The van der Waals surface area contributed by atoms with Crippen molar-refractivity contribution < 1.29 is 14.3 Å². The third-order valence-corrected chi connectivity index (χ3v) is 4.68. The molecule has 0 aliphatic carbocycles. The molecule has 24 heavy (non-hydrogen) atoms. The molecule has 0 radical (unpaired) electrons. The lowest BCUT2D eigenvalue weighted by Gasteiger charge is -2.34. The van der Waals surface area contributed by atoms with Crippen LogP contribution in [0.25, 0.3) is 5.57 Å². The van der Waals surface area contributed by atoms with Gasteiger partial charge in [-0.2, -0.15) is 0 Å². The summed E-state index contributed by atoms with van der Waals surface area (Å²) in [6.07, 6.45) is 1.73. The van der Waals surface area contributed by atoms with E-state index in [1.807, 2.05) is 39.0 Å². The highest BCUT2D eigenvalue weighted by Gasteiger charge is 2.40. The van der Waals surface area contributed by atoms with E-state index in [0.29, 0.717) is 12.3 Å². The Kier molecular flexibility index (Phi) is 4.01. The smallest absolute Gasteiger partial charge is 0.269 e. The van der Waals surface area contributed by atoms with Crippen LogP contribution in [0.15, 0.2) is 35.6 Å². The van der Waals surface area contributed by atoms with Gasteiger partial charge in [-0.15, -0.1) is 0 Å². The Labute approximate surface area is 146 Å². The largest absolute Gasteiger partial charge is 0.456 e. The van der Waals surface area contributed by atoms with Crippen molar-refractivity contribution in [1.82, 2.24) is 9.80 Å². The second-order valence-corrected chi connectivity index (χ2v) is 6.23. The molecule has 2 aliphatic heterocycles. The lowest BCUT2D eigenvalue weighted by molar-refractivity contribution is -0.133. The summed E-state index contributed by atoms with van der Waals surface area (Å²) in [5.41, 5.74) is 2.96. The maximum atomic E-state index is 12.7.